The average molecular weight is 460 g/mol. The van der Waals surface area contributed by atoms with Crippen molar-refractivity contribution in [2.75, 3.05) is 26.4 Å². The van der Waals surface area contributed by atoms with Gasteiger partial charge in [0.05, 0.1) is 12.0 Å². The Morgan fingerprint density at radius 2 is 0.800 bits per heavy atom. The molecule has 0 aromatic heterocycles. The molecule has 0 bridgehead atoms. The number of hydrogen-bond acceptors (Lipinski definition) is 7. The first kappa shape index (κ1) is 27.0. The molecule has 0 atom stereocenters. The third-order valence-electron chi connectivity index (χ3n) is 2.90. The first-order chi connectivity index (χ1) is 13.8. The van der Waals surface area contributed by atoms with Gasteiger partial charge >= 0.3 is 36.1 Å². The molecular weight excluding hydrogens is 451 g/mol. The molecule has 0 unspecified atom stereocenters. The van der Waals surface area contributed by atoms with E-state index in [0.717, 1.165) is 0 Å². The Morgan fingerprint density at radius 1 is 0.567 bits per heavy atom. The molecule has 0 saturated carbocycles. The molecule has 0 rings (SSSR count). The van der Waals surface area contributed by atoms with E-state index in [9.17, 15) is 59.0 Å². The van der Waals surface area contributed by atoms with Crippen LogP contribution in [-0.2, 0) is 28.6 Å². The van der Waals surface area contributed by atoms with Crippen LogP contribution >= 0.6 is 0 Å². The van der Waals surface area contributed by atoms with Gasteiger partial charge in [-0.3, -0.25) is 0 Å². The van der Waals surface area contributed by atoms with E-state index in [1.54, 1.807) is 0 Å². The van der Waals surface area contributed by atoms with Gasteiger partial charge in [-0.15, -0.1) is 0 Å². The Bertz CT molecular complexity index is 666. The fraction of sp³-hybridized carbons (Fsp3) is 0.357. The molecule has 0 heterocycles. The minimum Gasteiger partial charge on any atom is -0.459 e. The second kappa shape index (κ2) is 11.8. The van der Waals surface area contributed by atoms with Crippen LogP contribution in [0.15, 0.2) is 35.7 Å². The largest absolute Gasteiger partial charge is 0.459 e. The quantitative estimate of drug-likeness (QED) is 0.232. The normalized spacial score (nSPS) is 10.6. The van der Waals surface area contributed by atoms with E-state index in [1.165, 1.54) is 0 Å². The summed E-state index contributed by atoms with van der Waals surface area (Å²) in [6.07, 6.45) is -9.41. The second-order valence-electron chi connectivity index (χ2n) is 5.11. The molecule has 0 saturated heterocycles. The SMILES string of the molecule is O=C(OCC(CO)(COC(=O)C(F)=C(F)F)COC(=O)C(F)=C(F)F)C(F)=C(F)F. The number of aliphatic hydroxyl groups is 1. The summed E-state index contributed by atoms with van der Waals surface area (Å²) >= 11 is 0. The maximum atomic E-state index is 12.8. The summed E-state index contributed by atoms with van der Waals surface area (Å²) in [5.74, 6) is -15.2. The zero-order chi connectivity index (χ0) is 23.6. The van der Waals surface area contributed by atoms with Gasteiger partial charge in [-0.05, 0) is 0 Å². The predicted molar refractivity (Wildman–Crippen MR) is 73.4 cm³/mol. The summed E-state index contributed by atoms with van der Waals surface area (Å²) in [4.78, 5) is 33.2. The molecule has 7 nitrogen and oxygen atoms in total. The van der Waals surface area contributed by atoms with Crippen molar-refractivity contribution in [1.82, 2.24) is 0 Å². The van der Waals surface area contributed by atoms with Gasteiger partial charge in [-0.25, -0.2) is 14.4 Å². The maximum Gasteiger partial charge on any atom is 0.372 e. The summed E-state index contributed by atoms with van der Waals surface area (Å²) in [5.41, 5.74) is -2.52. The molecular formula is C14H9F9O7. The van der Waals surface area contributed by atoms with Crippen molar-refractivity contribution in [2.45, 2.75) is 0 Å². The van der Waals surface area contributed by atoms with Crippen LogP contribution in [0.5, 0.6) is 0 Å². The molecule has 0 aliphatic carbocycles. The van der Waals surface area contributed by atoms with Crippen LogP contribution in [0.1, 0.15) is 0 Å². The highest BCUT2D eigenvalue weighted by molar-refractivity contribution is 5.87. The Balaban J connectivity index is 5.57. The van der Waals surface area contributed by atoms with E-state index in [-0.39, 0.29) is 0 Å². The summed E-state index contributed by atoms with van der Waals surface area (Å²) in [6, 6.07) is 0. The minimum absolute atomic E-state index is 1.45. The smallest absolute Gasteiger partial charge is 0.372 e. The molecule has 0 spiro atoms. The van der Waals surface area contributed by atoms with Gasteiger partial charge in [0.25, 0.3) is 17.5 Å². The number of esters is 3. The number of halogens is 9. The molecule has 0 aromatic rings. The van der Waals surface area contributed by atoms with Crippen molar-refractivity contribution in [3.63, 3.8) is 0 Å². The van der Waals surface area contributed by atoms with Crippen molar-refractivity contribution in [1.29, 1.82) is 0 Å². The molecule has 0 radical (unpaired) electrons. The fourth-order valence-electron chi connectivity index (χ4n) is 1.34. The van der Waals surface area contributed by atoms with Crippen molar-refractivity contribution in [3.05, 3.63) is 35.7 Å². The Morgan fingerprint density at radius 3 is 0.967 bits per heavy atom. The molecule has 170 valence electrons. The first-order valence-corrected chi connectivity index (χ1v) is 7.02. The fourth-order valence-corrected chi connectivity index (χ4v) is 1.34. The number of ether oxygens (including phenoxy) is 3. The highest BCUT2D eigenvalue weighted by Gasteiger charge is 2.38. The van der Waals surface area contributed by atoms with Crippen LogP contribution < -0.4 is 0 Å². The molecule has 1 N–H and O–H groups in total. The van der Waals surface area contributed by atoms with Crippen LogP contribution in [-0.4, -0.2) is 49.4 Å². The van der Waals surface area contributed by atoms with Crippen molar-refractivity contribution < 1.29 is 73.2 Å². The van der Waals surface area contributed by atoms with Gasteiger partial charge < -0.3 is 19.3 Å². The highest BCUT2D eigenvalue weighted by Crippen LogP contribution is 2.23. The van der Waals surface area contributed by atoms with E-state index in [0.29, 0.717) is 0 Å². The van der Waals surface area contributed by atoms with Crippen molar-refractivity contribution >= 4 is 17.9 Å². The third-order valence-corrected chi connectivity index (χ3v) is 2.90. The molecule has 0 aliphatic heterocycles. The molecule has 0 aromatic carbocycles. The van der Waals surface area contributed by atoms with E-state index in [2.05, 4.69) is 14.2 Å². The number of aliphatic hydroxyl groups excluding tert-OH is 1. The van der Waals surface area contributed by atoms with Crippen molar-refractivity contribution in [2.24, 2.45) is 5.41 Å². The highest BCUT2D eigenvalue weighted by atomic mass is 19.3. The van der Waals surface area contributed by atoms with E-state index in [1.807, 2.05) is 0 Å². The second-order valence-corrected chi connectivity index (χ2v) is 5.11. The van der Waals surface area contributed by atoms with Gasteiger partial charge in [0.2, 0.25) is 0 Å². The van der Waals surface area contributed by atoms with Gasteiger partial charge in [0, 0.05) is 0 Å². The average Bonchev–Trinajstić information content (AvgIpc) is 2.70. The summed E-state index contributed by atoms with van der Waals surface area (Å²) in [6.45, 7) is -5.87. The Hall–Kier alpha value is -3.04. The lowest BCUT2D eigenvalue weighted by Gasteiger charge is -2.29. The number of hydrogen-bond donors (Lipinski definition) is 1. The van der Waals surface area contributed by atoms with Crippen LogP contribution in [0.2, 0.25) is 0 Å². The lowest BCUT2D eigenvalue weighted by Crippen LogP contribution is -2.42. The monoisotopic (exact) mass is 460 g/mol. The Labute approximate surface area is 160 Å². The standard InChI is InChI=1S/C14H9F9O7/c15-5(8(18)19)11(25)28-2-14(1-24,3-29-12(26)6(16)9(20)21)4-30-13(27)7(17)10(22)23/h24H,1-4H2. The minimum atomic E-state index is -3.14. The molecule has 0 amide bonds. The first-order valence-electron chi connectivity index (χ1n) is 7.02. The number of carbonyl (C=O) groups excluding carboxylic acids is 3. The maximum absolute atomic E-state index is 12.8. The van der Waals surface area contributed by atoms with E-state index in [4.69, 9.17) is 0 Å². The third kappa shape index (κ3) is 8.14. The molecule has 0 aliphatic rings. The van der Waals surface area contributed by atoms with Crippen molar-refractivity contribution in [3.8, 4) is 0 Å². The summed E-state index contributed by atoms with van der Waals surface area (Å²) < 4.78 is 122. The molecule has 0 fully saturated rings. The van der Waals surface area contributed by atoms with Crippen LogP contribution in [0.4, 0.5) is 39.5 Å². The lowest BCUT2D eigenvalue weighted by molar-refractivity contribution is -0.162. The van der Waals surface area contributed by atoms with Gasteiger partial charge in [0.1, 0.15) is 19.8 Å². The lowest BCUT2D eigenvalue weighted by atomic mass is 9.92. The van der Waals surface area contributed by atoms with Gasteiger partial charge in [-0.1, -0.05) is 0 Å². The zero-order valence-corrected chi connectivity index (χ0v) is 14.1. The van der Waals surface area contributed by atoms with Crippen LogP contribution in [0.25, 0.3) is 0 Å². The molecule has 16 heteroatoms. The van der Waals surface area contributed by atoms with E-state index < -0.39 is 85.5 Å². The number of carbonyl (C=O) groups is 3. The molecule has 30 heavy (non-hydrogen) atoms. The predicted octanol–water partition coefficient (Wildman–Crippen LogP) is 2.83. The van der Waals surface area contributed by atoms with Crippen LogP contribution in [0.3, 0.4) is 0 Å². The van der Waals surface area contributed by atoms with Gasteiger partial charge in [-0.2, -0.15) is 39.5 Å². The topological polar surface area (TPSA) is 99.1 Å². The van der Waals surface area contributed by atoms with Gasteiger partial charge in [0.15, 0.2) is 0 Å². The zero-order valence-electron chi connectivity index (χ0n) is 14.1. The van der Waals surface area contributed by atoms with Crippen LogP contribution in [0, 0.1) is 5.41 Å². The summed E-state index contributed by atoms with van der Waals surface area (Å²) in [5, 5.41) is 9.32. The Kier molecular flexibility index (Phi) is 10.6. The number of rotatable bonds is 10. The van der Waals surface area contributed by atoms with E-state index >= 15 is 0 Å². The summed E-state index contributed by atoms with van der Waals surface area (Å²) in [7, 11) is 0.